The minimum Gasteiger partial charge on any atom is -0.338 e. The number of amides is 2. The maximum atomic E-state index is 12.0. The van der Waals surface area contributed by atoms with Gasteiger partial charge in [0, 0.05) is 25.3 Å². The van der Waals surface area contributed by atoms with Crippen LogP contribution in [0.3, 0.4) is 0 Å². The highest BCUT2D eigenvalue weighted by molar-refractivity contribution is 7.88. The highest BCUT2D eigenvalue weighted by Gasteiger charge is 2.10. The molecule has 2 rings (SSSR count). The average Bonchev–Trinajstić information content (AvgIpc) is 2.96. The molecule has 0 saturated heterocycles. The van der Waals surface area contributed by atoms with Gasteiger partial charge >= 0.3 is 6.03 Å². The van der Waals surface area contributed by atoms with Crippen molar-refractivity contribution >= 4 is 16.1 Å². The molecule has 0 spiro atoms. The van der Waals surface area contributed by atoms with E-state index in [0.717, 1.165) is 23.5 Å². The minimum absolute atomic E-state index is 0.0646. The topological polar surface area (TPSA) is 105 Å². The van der Waals surface area contributed by atoms with Crippen molar-refractivity contribution in [1.82, 2.24) is 25.1 Å². The monoisotopic (exact) mass is 407 g/mol. The van der Waals surface area contributed by atoms with Gasteiger partial charge in [-0.25, -0.2) is 17.9 Å². The first-order valence-corrected chi connectivity index (χ1v) is 10.9. The van der Waals surface area contributed by atoms with E-state index < -0.39 is 10.0 Å². The van der Waals surface area contributed by atoms with Crippen LogP contribution in [0.15, 0.2) is 30.3 Å². The fourth-order valence-corrected chi connectivity index (χ4v) is 3.55. The van der Waals surface area contributed by atoms with Gasteiger partial charge in [-0.3, -0.25) is 4.68 Å². The molecule has 154 valence electrons. The number of aryl methyl sites for hydroxylation is 2. The van der Waals surface area contributed by atoms with Gasteiger partial charge in [0.25, 0.3) is 0 Å². The van der Waals surface area contributed by atoms with Crippen LogP contribution in [0.2, 0.25) is 0 Å². The zero-order valence-corrected chi connectivity index (χ0v) is 17.6. The van der Waals surface area contributed by atoms with Crippen molar-refractivity contribution in [3.63, 3.8) is 0 Å². The summed E-state index contributed by atoms with van der Waals surface area (Å²) in [5.41, 5.74) is 3.70. The quantitative estimate of drug-likeness (QED) is 0.588. The van der Waals surface area contributed by atoms with Crippen LogP contribution in [0.5, 0.6) is 0 Å². The first kappa shape index (κ1) is 21.9. The van der Waals surface area contributed by atoms with E-state index in [4.69, 9.17) is 0 Å². The molecule has 1 aromatic heterocycles. The van der Waals surface area contributed by atoms with Crippen molar-refractivity contribution in [3.8, 4) is 0 Å². The number of nitrogens with one attached hydrogen (secondary N) is 3. The molecule has 1 heterocycles. The van der Waals surface area contributed by atoms with Gasteiger partial charge in [0.2, 0.25) is 10.0 Å². The van der Waals surface area contributed by atoms with Gasteiger partial charge in [-0.15, -0.1) is 0 Å². The van der Waals surface area contributed by atoms with E-state index in [1.807, 2.05) is 36.7 Å². The number of sulfonamides is 1. The molecule has 9 heteroatoms. The number of rotatable bonds is 9. The molecule has 0 saturated carbocycles. The molecule has 1 unspecified atom stereocenters. The van der Waals surface area contributed by atoms with Crippen molar-refractivity contribution < 1.29 is 13.2 Å². The zero-order valence-electron chi connectivity index (χ0n) is 16.8. The van der Waals surface area contributed by atoms with Crippen molar-refractivity contribution in [2.75, 3.05) is 13.6 Å². The molecule has 0 aliphatic carbocycles. The highest BCUT2D eigenvalue weighted by atomic mass is 32.2. The maximum Gasteiger partial charge on any atom is 0.315 e. The van der Waals surface area contributed by atoms with Crippen LogP contribution in [0, 0.1) is 19.8 Å². The summed E-state index contributed by atoms with van der Waals surface area (Å²) < 4.78 is 27.3. The number of carbonyl (C=O) groups excluding carboxylic acids is 1. The summed E-state index contributed by atoms with van der Waals surface area (Å²) in [5.74, 6) is 0.183. The molecule has 0 radical (unpaired) electrons. The van der Waals surface area contributed by atoms with Crippen LogP contribution in [0.4, 0.5) is 4.79 Å². The predicted molar refractivity (Wildman–Crippen MR) is 109 cm³/mol. The number of benzene rings is 1. The molecule has 1 atom stereocenters. The molecule has 8 nitrogen and oxygen atoms in total. The Morgan fingerprint density at radius 2 is 1.79 bits per heavy atom. The van der Waals surface area contributed by atoms with E-state index in [9.17, 15) is 13.2 Å². The van der Waals surface area contributed by atoms with Gasteiger partial charge in [0.1, 0.15) is 0 Å². The summed E-state index contributed by atoms with van der Waals surface area (Å²) in [7, 11) is -1.89. The standard InChI is InChI=1S/C19H29N5O3S/c1-14(12-24-16(3)9-15(2)23-24)10-21-19(25)22-11-17-5-7-18(8-6-17)13-28(26,27)20-4/h5-9,14,20H,10-13H2,1-4H3,(H2,21,22,25). The summed E-state index contributed by atoms with van der Waals surface area (Å²) in [5, 5.41) is 10.1. The number of aromatic nitrogens is 2. The van der Waals surface area contributed by atoms with Crippen LogP contribution in [0.25, 0.3) is 0 Å². The molecule has 2 aromatic rings. The second kappa shape index (κ2) is 9.70. The van der Waals surface area contributed by atoms with E-state index in [2.05, 4.69) is 27.4 Å². The summed E-state index contributed by atoms with van der Waals surface area (Å²) in [6.07, 6.45) is 0. The summed E-state index contributed by atoms with van der Waals surface area (Å²) >= 11 is 0. The van der Waals surface area contributed by atoms with Gasteiger partial charge in [0.15, 0.2) is 0 Å². The molecule has 1 aromatic carbocycles. The molecular formula is C19H29N5O3S. The summed E-state index contributed by atoms with van der Waals surface area (Å²) in [4.78, 5) is 12.0. The third kappa shape index (κ3) is 6.97. The van der Waals surface area contributed by atoms with E-state index >= 15 is 0 Å². The van der Waals surface area contributed by atoms with Crippen LogP contribution in [0.1, 0.15) is 29.4 Å². The largest absolute Gasteiger partial charge is 0.338 e. The van der Waals surface area contributed by atoms with Crippen LogP contribution in [-0.2, 0) is 28.9 Å². The fraction of sp³-hybridized carbons (Fsp3) is 0.474. The molecule has 0 aliphatic rings. The van der Waals surface area contributed by atoms with Crippen LogP contribution < -0.4 is 15.4 Å². The Hall–Kier alpha value is -2.39. The van der Waals surface area contributed by atoms with Crippen LogP contribution in [-0.4, -0.2) is 37.8 Å². The average molecular weight is 408 g/mol. The van der Waals surface area contributed by atoms with E-state index in [1.165, 1.54) is 7.05 Å². The van der Waals surface area contributed by atoms with Gasteiger partial charge in [-0.1, -0.05) is 31.2 Å². The predicted octanol–water partition coefficient (Wildman–Crippen LogP) is 1.68. The number of carbonyl (C=O) groups is 1. The molecule has 0 fully saturated rings. The van der Waals surface area contributed by atoms with E-state index in [-0.39, 0.29) is 17.7 Å². The number of nitrogens with zero attached hydrogens (tertiary/aromatic N) is 2. The molecule has 2 amide bonds. The number of urea groups is 1. The lowest BCUT2D eigenvalue weighted by atomic mass is 10.1. The third-order valence-corrected chi connectivity index (χ3v) is 5.68. The first-order chi connectivity index (χ1) is 13.2. The lowest BCUT2D eigenvalue weighted by Crippen LogP contribution is -2.38. The Labute approximate surface area is 166 Å². The molecule has 0 aliphatic heterocycles. The van der Waals surface area contributed by atoms with E-state index in [1.54, 1.807) is 12.1 Å². The Morgan fingerprint density at radius 3 is 2.36 bits per heavy atom. The second-order valence-corrected chi connectivity index (χ2v) is 8.98. The Bertz CT molecular complexity index is 891. The fourth-order valence-electron chi connectivity index (χ4n) is 2.78. The van der Waals surface area contributed by atoms with Gasteiger partial charge < -0.3 is 10.6 Å². The highest BCUT2D eigenvalue weighted by Crippen LogP contribution is 2.08. The summed E-state index contributed by atoms with van der Waals surface area (Å²) in [6.45, 7) is 7.71. The van der Waals surface area contributed by atoms with Crippen LogP contribution >= 0.6 is 0 Å². The third-order valence-electron chi connectivity index (χ3n) is 4.34. The van der Waals surface area contributed by atoms with Gasteiger partial charge in [-0.05, 0) is 44.0 Å². The lowest BCUT2D eigenvalue weighted by molar-refractivity contribution is 0.238. The minimum atomic E-state index is -3.29. The first-order valence-electron chi connectivity index (χ1n) is 9.20. The van der Waals surface area contributed by atoms with Crippen molar-refractivity contribution in [1.29, 1.82) is 0 Å². The van der Waals surface area contributed by atoms with Gasteiger partial charge in [0.05, 0.1) is 11.4 Å². The Kier molecular flexibility index (Phi) is 7.59. The normalized spacial score (nSPS) is 12.6. The van der Waals surface area contributed by atoms with Gasteiger partial charge in [-0.2, -0.15) is 5.10 Å². The lowest BCUT2D eigenvalue weighted by Gasteiger charge is -2.14. The van der Waals surface area contributed by atoms with E-state index in [0.29, 0.717) is 18.7 Å². The molecule has 28 heavy (non-hydrogen) atoms. The van der Waals surface area contributed by atoms with Crippen molar-refractivity contribution in [2.24, 2.45) is 5.92 Å². The maximum absolute atomic E-state index is 12.0. The zero-order chi connectivity index (χ0) is 20.7. The smallest absolute Gasteiger partial charge is 0.315 e. The second-order valence-electron chi connectivity index (χ2n) is 7.06. The Balaban J connectivity index is 1.74. The van der Waals surface area contributed by atoms with Crippen molar-refractivity contribution in [3.05, 3.63) is 52.8 Å². The molecule has 3 N–H and O–H groups in total. The molecule has 0 bridgehead atoms. The van der Waals surface area contributed by atoms with Crippen molar-refractivity contribution in [2.45, 2.75) is 39.6 Å². The molecular weight excluding hydrogens is 378 g/mol. The number of hydrogen-bond donors (Lipinski definition) is 3. The summed E-state index contributed by atoms with van der Waals surface area (Å²) in [6, 6.07) is 8.92. The Morgan fingerprint density at radius 1 is 1.14 bits per heavy atom. The SMILES string of the molecule is CNS(=O)(=O)Cc1ccc(CNC(=O)NCC(C)Cn2nc(C)cc2C)cc1. The number of hydrogen-bond acceptors (Lipinski definition) is 4.